The minimum atomic E-state index is -0.719. The van der Waals surface area contributed by atoms with Gasteiger partial charge in [-0.15, -0.1) is 10.1 Å². The molecule has 12 nitrogen and oxygen atoms in total. The molecule has 2 aliphatic rings. The van der Waals surface area contributed by atoms with Crippen LogP contribution in [0.15, 0.2) is 83.1 Å². The number of hydrogen-bond donors (Lipinski definition) is 0. The number of rotatable bonds is 11. The number of imide groups is 2. The van der Waals surface area contributed by atoms with E-state index in [1.165, 1.54) is 21.6 Å². The summed E-state index contributed by atoms with van der Waals surface area (Å²) in [7, 11) is 5.81. The second-order valence-corrected chi connectivity index (χ2v) is 14.0. The fraction of sp³-hybridized carbons (Fsp3) is 0.290. The highest BCUT2D eigenvalue weighted by molar-refractivity contribution is 8.77. The Labute approximate surface area is 288 Å². The Hall–Kier alpha value is -3.86. The molecule has 4 heterocycles. The number of nitrogens with zero attached hydrogens (tertiary/aromatic N) is 4. The molecule has 0 spiro atoms. The third kappa shape index (κ3) is 12.0. The lowest BCUT2D eigenvalue weighted by Gasteiger charge is -2.13. The molecule has 4 amide bonds. The Morgan fingerprint density at radius 1 is 0.723 bits per heavy atom. The summed E-state index contributed by atoms with van der Waals surface area (Å²) in [6.45, 7) is 2.06. The molecular formula is C31H34N4O8S4. The molecule has 0 bridgehead atoms. The molecule has 0 aliphatic carbocycles. The van der Waals surface area contributed by atoms with Gasteiger partial charge in [-0.25, -0.2) is 19.6 Å². The van der Waals surface area contributed by atoms with Gasteiger partial charge in [0.15, 0.2) is 0 Å². The molecule has 2 saturated heterocycles. The first kappa shape index (κ1) is 39.3. The lowest BCUT2D eigenvalue weighted by atomic mass is 10.1. The van der Waals surface area contributed by atoms with Gasteiger partial charge in [-0.1, -0.05) is 60.7 Å². The third-order valence-corrected chi connectivity index (χ3v) is 10.7. The topological polar surface area (TPSA) is 153 Å². The van der Waals surface area contributed by atoms with E-state index in [9.17, 15) is 28.8 Å². The van der Waals surface area contributed by atoms with Crippen LogP contribution in [0.3, 0.4) is 0 Å². The van der Waals surface area contributed by atoms with Gasteiger partial charge in [-0.2, -0.15) is 0 Å². The number of hydrogen-bond acceptors (Lipinski definition) is 14. The van der Waals surface area contributed by atoms with E-state index in [-0.39, 0.29) is 57.1 Å². The van der Waals surface area contributed by atoms with Crippen LogP contribution in [-0.2, 0) is 33.6 Å². The van der Waals surface area contributed by atoms with Gasteiger partial charge >= 0.3 is 11.9 Å². The summed E-state index contributed by atoms with van der Waals surface area (Å²) in [5.74, 6) is -3.24. The van der Waals surface area contributed by atoms with Crippen molar-refractivity contribution in [2.45, 2.75) is 62.8 Å². The number of pyridine rings is 2. The molecule has 2 aliphatic heterocycles. The van der Waals surface area contributed by atoms with Crippen LogP contribution in [0, 0.1) is 0 Å². The number of benzene rings is 1. The van der Waals surface area contributed by atoms with Crippen molar-refractivity contribution in [2.24, 2.45) is 0 Å². The lowest BCUT2D eigenvalue weighted by Crippen LogP contribution is -2.32. The summed E-state index contributed by atoms with van der Waals surface area (Å²) in [6.07, 6.45) is 3.76. The first-order valence-corrected chi connectivity index (χ1v) is 17.9. The Kier molecular flexibility index (Phi) is 16.5. The van der Waals surface area contributed by atoms with Crippen LogP contribution in [0.25, 0.3) is 0 Å². The van der Waals surface area contributed by atoms with Gasteiger partial charge in [-0.05, 0) is 70.5 Å². The normalized spacial score (nSPS) is 14.4. The van der Waals surface area contributed by atoms with Gasteiger partial charge in [0.25, 0.3) is 23.6 Å². The Balaban J connectivity index is 0.000000328. The number of aromatic nitrogens is 2. The molecule has 2 aromatic heterocycles. The van der Waals surface area contributed by atoms with Crippen molar-refractivity contribution in [2.75, 3.05) is 5.75 Å². The zero-order valence-corrected chi connectivity index (χ0v) is 27.0. The van der Waals surface area contributed by atoms with Crippen molar-refractivity contribution in [3.8, 4) is 0 Å². The third-order valence-electron chi connectivity index (χ3n) is 5.87. The molecule has 1 aromatic carbocycles. The number of carbonyl (C=O) groups excluding carboxylic acids is 6. The average molecular weight is 719 g/mol. The van der Waals surface area contributed by atoms with Crippen LogP contribution in [-0.4, -0.2) is 61.4 Å². The zero-order chi connectivity index (χ0) is 32.2. The molecule has 47 heavy (non-hydrogen) atoms. The monoisotopic (exact) mass is 718 g/mol. The van der Waals surface area contributed by atoms with Crippen molar-refractivity contribution < 1.29 is 38.4 Å². The average Bonchev–Trinajstić information content (AvgIpc) is 3.55. The maximum absolute atomic E-state index is 12.1. The maximum atomic E-state index is 12.1. The van der Waals surface area contributed by atoms with E-state index >= 15 is 0 Å². The van der Waals surface area contributed by atoms with E-state index < -0.39 is 35.6 Å². The minimum absolute atomic E-state index is 0. The van der Waals surface area contributed by atoms with Crippen molar-refractivity contribution in [3.63, 3.8) is 0 Å². The molecule has 5 rings (SSSR count). The molecule has 2 fully saturated rings. The van der Waals surface area contributed by atoms with Crippen LogP contribution < -0.4 is 0 Å². The molecule has 3 aromatic rings. The predicted molar refractivity (Wildman–Crippen MR) is 182 cm³/mol. The zero-order valence-electron chi connectivity index (χ0n) is 23.7. The van der Waals surface area contributed by atoms with E-state index in [0.717, 1.165) is 15.6 Å². The number of hydroxylamine groups is 4. The van der Waals surface area contributed by atoms with E-state index in [1.54, 1.807) is 52.2 Å². The molecular weight excluding hydrogens is 685 g/mol. The van der Waals surface area contributed by atoms with Crippen molar-refractivity contribution >= 4 is 78.7 Å². The van der Waals surface area contributed by atoms with Crippen molar-refractivity contribution in [3.05, 3.63) is 84.2 Å². The van der Waals surface area contributed by atoms with Crippen LogP contribution in [0.2, 0.25) is 0 Å². The maximum Gasteiger partial charge on any atom is 0.363 e. The second kappa shape index (κ2) is 19.7. The molecule has 0 N–H and O–H groups in total. The van der Waals surface area contributed by atoms with E-state index in [2.05, 4.69) is 16.9 Å². The highest BCUT2D eigenvalue weighted by Crippen LogP contribution is 2.41. The molecule has 1 atom stereocenters. The molecule has 250 valence electrons. The standard InChI is InChI=1S/C18H16N2O4S2.C11H10N2O4S2.2CH4/c1-12(25-26-15-4-2-3-11-19-15)13-5-7-14(8-6-13)18(23)24-20-16(21)9-10-17(20)22;14-9-4-5-10(15)13(9)17-11(16)7-18-19-8-3-1-2-6-12-8;;/h2-8,11-12H,9-10H2,1H3;1-3,6H,4-5,7H2;2*1H4. The van der Waals surface area contributed by atoms with Crippen LogP contribution in [0.5, 0.6) is 0 Å². The fourth-order valence-corrected chi connectivity index (χ4v) is 7.37. The van der Waals surface area contributed by atoms with E-state index in [1.807, 2.05) is 42.5 Å². The molecule has 0 radical (unpaired) electrons. The first-order chi connectivity index (χ1) is 21.7. The SMILES string of the molecule is C.C.CC(SSc1ccccn1)c1ccc(C(=O)ON2C(=O)CCC2=O)cc1.O=C(CSSc1ccccn1)ON1C(=O)CCC1=O. The number of carbonyl (C=O) groups is 6. The van der Waals surface area contributed by atoms with Gasteiger partial charge in [0, 0.05) is 43.3 Å². The van der Waals surface area contributed by atoms with Gasteiger partial charge in [0.2, 0.25) is 0 Å². The van der Waals surface area contributed by atoms with E-state index in [0.29, 0.717) is 10.1 Å². The second-order valence-electron chi connectivity index (χ2n) is 9.13. The predicted octanol–water partition coefficient (Wildman–Crippen LogP) is 6.51. The summed E-state index contributed by atoms with van der Waals surface area (Å²) in [6, 6.07) is 18.2. The molecule has 16 heteroatoms. The first-order valence-electron chi connectivity index (χ1n) is 13.4. The summed E-state index contributed by atoms with van der Waals surface area (Å²) >= 11 is 0. The summed E-state index contributed by atoms with van der Waals surface area (Å²) < 4.78 is 0. The molecule has 1 unspecified atom stereocenters. The number of amides is 4. The summed E-state index contributed by atoms with van der Waals surface area (Å²) in [5.41, 5.74) is 1.33. The van der Waals surface area contributed by atoms with Gasteiger partial charge < -0.3 is 9.68 Å². The fourth-order valence-electron chi connectivity index (χ4n) is 3.58. The van der Waals surface area contributed by atoms with Gasteiger partial charge in [-0.3, -0.25) is 19.2 Å². The van der Waals surface area contributed by atoms with Crippen molar-refractivity contribution in [1.29, 1.82) is 0 Å². The highest BCUT2D eigenvalue weighted by atomic mass is 33.1. The minimum Gasteiger partial charge on any atom is -0.329 e. The Bertz CT molecular complexity index is 1500. The van der Waals surface area contributed by atoms with E-state index in [4.69, 9.17) is 9.68 Å². The van der Waals surface area contributed by atoms with Gasteiger partial charge in [0.1, 0.15) is 15.8 Å². The van der Waals surface area contributed by atoms with Crippen molar-refractivity contribution in [1.82, 2.24) is 20.1 Å². The van der Waals surface area contributed by atoms with Crippen LogP contribution in [0.4, 0.5) is 0 Å². The largest absolute Gasteiger partial charge is 0.363 e. The quantitative estimate of drug-likeness (QED) is 0.156. The highest BCUT2D eigenvalue weighted by Gasteiger charge is 2.34. The lowest BCUT2D eigenvalue weighted by molar-refractivity contribution is -0.195. The summed E-state index contributed by atoms with van der Waals surface area (Å²) in [4.78, 5) is 87.0. The Morgan fingerprint density at radius 3 is 1.70 bits per heavy atom. The molecule has 0 saturated carbocycles. The smallest absolute Gasteiger partial charge is 0.329 e. The van der Waals surface area contributed by atoms with Crippen LogP contribution in [0.1, 0.15) is 68.6 Å². The van der Waals surface area contributed by atoms with Crippen LogP contribution >= 0.6 is 43.2 Å². The van der Waals surface area contributed by atoms with Gasteiger partial charge in [0.05, 0.1) is 5.56 Å². The summed E-state index contributed by atoms with van der Waals surface area (Å²) in [5, 5.41) is 3.00. The Morgan fingerprint density at radius 2 is 1.21 bits per heavy atom.